The molecule has 2 saturated carbocycles. The summed E-state index contributed by atoms with van der Waals surface area (Å²) in [5, 5.41) is 10.2. The van der Waals surface area contributed by atoms with E-state index in [0.29, 0.717) is 29.1 Å². The molecule has 0 radical (unpaired) electrons. The molecule has 4 aliphatic carbocycles. The monoisotopic (exact) mass is 394 g/mol. The summed E-state index contributed by atoms with van der Waals surface area (Å²) in [7, 11) is 0. The van der Waals surface area contributed by atoms with E-state index in [1.807, 2.05) is 0 Å². The number of fused-ring (bicyclic) bond motifs is 5. The summed E-state index contributed by atoms with van der Waals surface area (Å²) >= 11 is 0. The molecule has 4 rings (SSSR count). The minimum Gasteiger partial charge on any atom is -0.393 e. The minimum atomic E-state index is -0.130. The first kappa shape index (κ1) is 21.2. The van der Waals surface area contributed by atoms with Gasteiger partial charge in [-0.05, 0) is 90.1 Å². The van der Waals surface area contributed by atoms with Crippen molar-refractivity contribution < 1.29 is 5.11 Å². The largest absolute Gasteiger partial charge is 0.393 e. The predicted octanol–water partition coefficient (Wildman–Crippen LogP) is 7.25. The van der Waals surface area contributed by atoms with Crippen LogP contribution >= 0.6 is 0 Å². The zero-order valence-corrected chi connectivity index (χ0v) is 19.5. The van der Waals surface area contributed by atoms with Gasteiger partial charge in [0.25, 0.3) is 0 Å². The average Bonchev–Trinajstić information content (AvgIpc) is 3.03. The maximum atomic E-state index is 10.2. The molecule has 4 aliphatic rings. The van der Waals surface area contributed by atoms with Gasteiger partial charge in [-0.15, -0.1) is 0 Å². The fraction of sp³-hybridized carbons (Fsp3) is 0.714. The molecular weight excluding hydrogens is 352 g/mol. The second kappa shape index (κ2) is 7.56. The van der Waals surface area contributed by atoms with Crippen LogP contribution in [0.1, 0.15) is 80.1 Å². The van der Waals surface area contributed by atoms with Crippen molar-refractivity contribution in [1.82, 2.24) is 0 Å². The van der Waals surface area contributed by atoms with Gasteiger partial charge in [0.1, 0.15) is 0 Å². The van der Waals surface area contributed by atoms with Crippen LogP contribution in [0.15, 0.2) is 47.1 Å². The fourth-order valence-corrected chi connectivity index (χ4v) is 6.93. The second-order valence-corrected chi connectivity index (χ2v) is 11.4. The molecule has 1 N–H and O–H groups in total. The van der Waals surface area contributed by atoms with Crippen molar-refractivity contribution in [2.24, 2.45) is 40.4 Å². The van der Waals surface area contributed by atoms with Crippen LogP contribution in [-0.2, 0) is 0 Å². The third-order valence-corrected chi connectivity index (χ3v) is 9.47. The topological polar surface area (TPSA) is 20.2 Å². The fourth-order valence-electron chi connectivity index (χ4n) is 6.93. The van der Waals surface area contributed by atoms with E-state index in [2.05, 4.69) is 71.9 Å². The van der Waals surface area contributed by atoms with E-state index in [4.69, 9.17) is 0 Å². The number of allylic oxidation sites excluding steroid dienone is 7. The summed E-state index contributed by atoms with van der Waals surface area (Å²) in [6.07, 6.45) is 19.1. The van der Waals surface area contributed by atoms with Crippen molar-refractivity contribution in [3.05, 3.63) is 47.1 Å². The Morgan fingerprint density at radius 1 is 1.00 bits per heavy atom. The van der Waals surface area contributed by atoms with Crippen molar-refractivity contribution in [2.75, 3.05) is 0 Å². The first-order valence-corrected chi connectivity index (χ1v) is 12.2. The molecule has 7 unspecified atom stereocenters. The van der Waals surface area contributed by atoms with E-state index >= 15 is 0 Å². The Bertz CT molecular complexity index is 765. The summed E-state index contributed by atoms with van der Waals surface area (Å²) in [6, 6.07) is 0. The van der Waals surface area contributed by atoms with Crippen molar-refractivity contribution in [3.8, 4) is 0 Å². The Kier molecular flexibility index (Phi) is 5.52. The van der Waals surface area contributed by atoms with Crippen LogP contribution in [0.25, 0.3) is 0 Å². The highest BCUT2D eigenvalue weighted by Crippen LogP contribution is 2.64. The summed E-state index contributed by atoms with van der Waals surface area (Å²) in [4.78, 5) is 0. The van der Waals surface area contributed by atoms with Gasteiger partial charge in [-0.2, -0.15) is 0 Å². The molecule has 0 aromatic heterocycles. The normalized spacial score (nSPS) is 41.2. The lowest BCUT2D eigenvalue weighted by atomic mass is 9.51. The highest BCUT2D eigenvalue weighted by Gasteiger charge is 2.53. The average molecular weight is 395 g/mol. The summed E-state index contributed by atoms with van der Waals surface area (Å²) in [5.41, 5.74) is 5.39. The van der Waals surface area contributed by atoms with E-state index in [-0.39, 0.29) is 11.5 Å². The zero-order chi connectivity index (χ0) is 21.0. The molecule has 0 spiro atoms. The molecule has 2 fully saturated rings. The Hall–Kier alpha value is -1.08. The van der Waals surface area contributed by atoms with E-state index in [1.165, 1.54) is 24.8 Å². The van der Waals surface area contributed by atoms with Crippen molar-refractivity contribution in [1.29, 1.82) is 0 Å². The van der Waals surface area contributed by atoms with Crippen molar-refractivity contribution in [2.45, 2.75) is 86.2 Å². The Morgan fingerprint density at radius 3 is 2.45 bits per heavy atom. The highest BCUT2D eigenvalue weighted by molar-refractivity contribution is 5.51. The predicted molar refractivity (Wildman–Crippen MR) is 123 cm³/mol. The van der Waals surface area contributed by atoms with Gasteiger partial charge in [-0.25, -0.2) is 0 Å². The number of rotatable bonds is 4. The maximum absolute atomic E-state index is 10.2. The summed E-state index contributed by atoms with van der Waals surface area (Å²) < 4.78 is 0. The van der Waals surface area contributed by atoms with Gasteiger partial charge in [0.05, 0.1) is 6.10 Å². The van der Waals surface area contributed by atoms with E-state index in [0.717, 1.165) is 25.2 Å². The van der Waals surface area contributed by atoms with Crippen LogP contribution in [0.3, 0.4) is 0 Å². The molecule has 0 saturated heterocycles. The second-order valence-electron chi connectivity index (χ2n) is 11.4. The lowest BCUT2D eigenvalue weighted by Gasteiger charge is -2.53. The van der Waals surface area contributed by atoms with Gasteiger partial charge in [-0.3, -0.25) is 0 Å². The van der Waals surface area contributed by atoms with E-state index < -0.39 is 0 Å². The van der Waals surface area contributed by atoms with Crippen LogP contribution in [0.4, 0.5) is 0 Å². The highest BCUT2D eigenvalue weighted by atomic mass is 16.3. The van der Waals surface area contributed by atoms with Gasteiger partial charge < -0.3 is 5.11 Å². The molecular formula is C28H42O. The minimum absolute atomic E-state index is 0.130. The Balaban J connectivity index is 1.58. The molecule has 1 heteroatoms. The molecule has 0 bridgehead atoms. The van der Waals surface area contributed by atoms with Gasteiger partial charge in [0.2, 0.25) is 0 Å². The summed E-state index contributed by atoms with van der Waals surface area (Å²) in [5.74, 6) is 3.37. The molecule has 160 valence electrons. The first-order chi connectivity index (χ1) is 13.7. The molecule has 7 atom stereocenters. The third kappa shape index (κ3) is 3.42. The molecule has 1 nitrogen and oxygen atoms in total. The van der Waals surface area contributed by atoms with Crippen LogP contribution in [0.2, 0.25) is 0 Å². The van der Waals surface area contributed by atoms with Crippen LogP contribution in [0.5, 0.6) is 0 Å². The van der Waals surface area contributed by atoms with E-state index in [1.54, 1.807) is 11.1 Å². The molecule has 0 aromatic carbocycles. The van der Waals surface area contributed by atoms with Gasteiger partial charge in [0, 0.05) is 0 Å². The molecule has 29 heavy (non-hydrogen) atoms. The van der Waals surface area contributed by atoms with Gasteiger partial charge >= 0.3 is 0 Å². The van der Waals surface area contributed by atoms with Crippen LogP contribution in [-0.4, -0.2) is 11.2 Å². The van der Waals surface area contributed by atoms with Gasteiger partial charge in [-0.1, -0.05) is 77.5 Å². The smallest absolute Gasteiger partial charge is 0.0578 e. The number of hydrogen-bond donors (Lipinski definition) is 1. The number of aliphatic hydroxyl groups is 1. The number of aliphatic hydroxyl groups excluding tert-OH is 1. The van der Waals surface area contributed by atoms with Crippen LogP contribution in [0, 0.1) is 40.4 Å². The third-order valence-electron chi connectivity index (χ3n) is 9.47. The van der Waals surface area contributed by atoms with Crippen molar-refractivity contribution in [3.63, 3.8) is 0 Å². The lowest BCUT2D eigenvalue weighted by Crippen LogP contribution is -2.44. The molecule has 0 aromatic rings. The Morgan fingerprint density at radius 2 is 1.72 bits per heavy atom. The summed E-state index contributed by atoms with van der Waals surface area (Å²) in [6.45, 7) is 14.5. The van der Waals surface area contributed by atoms with Crippen molar-refractivity contribution >= 4 is 0 Å². The molecule has 0 heterocycles. The molecule has 0 aliphatic heterocycles. The SMILES string of the molecule is CC(C)C(C)C=CC(C)C1CC=C2C3=CC=C4CC(O)CCC4(C)C3CCC21C. The quantitative estimate of drug-likeness (QED) is 0.498. The zero-order valence-electron chi connectivity index (χ0n) is 19.5. The Labute approximate surface area is 179 Å². The molecule has 0 amide bonds. The van der Waals surface area contributed by atoms with E-state index in [9.17, 15) is 5.11 Å². The first-order valence-electron chi connectivity index (χ1n) is 12.2. The van der Waals surface area contributed by atoms with Gasteiger partial charge in [0.15, 0.2) is 0 Å². The standard InChI is InChI=1S/C28H42O/c1-18(2)19(3)7-8-20(4)24-11-12-25-23-10-9-21-17-22(29)13-15-27(21,5)26(23)14-16-28(24,25)6/h7-10,12,18-20,22,24,26,29H,11,13-17H2,1-6H3. The lowest BCUT2D eigenvalue weighted by molar-refractivity contribution is 0.0719. The van der Waals surface area contributed by atoms with Crippen LogP contribution < -0.4 is 0 Å². The maximum Gasteiger partial charge on any atom is 0.0578 e. The number of hydrogen-bond acceptors (Lipinski definition) is 1.